The standard InChI is InChI=1S/C28H34N4O2/c33-27-20-11-5-6-12-21(20)28-25-24(27)22(29-13-18-31-14-7-1-2-8-15-31)19-23(26(25)30-34-28)32-16-9-3-4-10-17-32/h5-6,11-12,19,29H,1-4,7-10,13-18H2. The number of nitrogens with one attached hydrogen (secondary N) is 1. The molecule has 178 valence electrons. The third kappa shape index (κ3) is 3.88. The number of ketones is 1. The van der Waals surface area contributed by atoms with Crippen LogP contribution >= 0.6 is 0 Å². The highest BCUT2D eigenvalue weighted by Gasteiger charge is 2.33. The van der Waals surface area contributed by atoms with Gasteiger partial charge in [0.25, 0.3) is 0 Å². The highest BCUT2D eigenvalue weighted by atomic mass is 16.5. The second-order valence-electron chi connectivity index (χ2n) is 10.0. The van der Waals surface area contributed by atoms with Crippen molar-refractivity contribution >= 4 is 28.1 Å². The summed E-state index contributed by atoms with van der Waals surface area (Å²) in [7, 11) is 0. The van der Waals surface area contributed by atoms with Crippen molar-refractivity contribution in [1.82, 2.24) is 10.1 Å². The Morgan fingerprint density at radius 1 is 0.882 bits per heavy atom. The summed E-state index contributed by atoms with van der Waals surface area (Å²) in [5.74, 6) is 0.795. The molecular weight excluding hydrogens is 424 g/mol. The van der Waals surface area contributed by atoms with Crippen LogP contribution in [0.3, 0.4) is 0 Å². The number of hydrogen-bond acceptors (Lipinski definition) is 6. The van der Waals surface area contributed by atoms with E-state index in [0.29, 0.717) is 5.56 Å². The second-order valence-corrected chi connectivity index (χ2v) is 10.0. The Kier molecular flexibility index (Phi) is 6.00. The van der Waals surface area contributed by atoms with E-state index < -0.39 is 0 Å². The Bertz CT molecular complexity index is 1180. The van der Waals surface area contributed by atoms with Crippen LogP contribution in [0, 0.1) is 0 Å². The number of fused-ring (bicyclic) bond motifs is 2. The van der Waals surface area contributed by atoms with E-state index in [9.17, 15) is 4.79 Å². The molecule has 2 aromatic carbocycles. The second kappa shape index (κ2) is 9.41. The molecule has 3 heterocycles. The summed E-state index contributed by atoms with van der Waals surface area (Å²) in [6.45, 7) is 6.22. The molecule has 1 aromatic heterocycles. The van der Waals surface area contributed by atoms with E-state index in [0.717, 1.165) is 65.3 Å². The molecule has 0 amide bonds. The van der Waals surface area contributed by atoms with E-state index >= 15 is 0 Å². The minimum absolute atomic E-state index is 0.0657. The predicted molar refractivity (Wildman–Crippen MR) is 137 cm³/mol. The quantitative estimate of drug-likeness (QED) is 0.413. The Labute approximate surface area is 201 Å². The molecule has 0 spiro atoms. The third-order valence-electron chi connectivity index (χ3n) is 7.77. The third-order valence-corrected chi connectivity index (χ3v) is 7.77. The number of carbonyl (C=O) groups excluding carboxylic acids is 1. The lowest BCUT2D eigenvalue weighted by Gasteiger charge is -2.26. The van der Waals surface area contributed by atoms with Crippen LogP contribution in [0.2, 0.25) is 0 Å². The lowest BCUT2D eigenvalue weighted by molar-refractivity contribution is 0.104. The molecule has 2 aliphatic heterocycles. The van der Waals surface area contributed by atoms with Gasteiger partial charge < -0.3 is 19.6 Å². The van der Waals surface area contributed by atoms with E-state index in [-0.39, 0.29) is 5.78 Å². The number of rotatable bonds is 5. The van der Waals surface area contributed by atoms with Gasteiger partial charge in [0, 0.05) is 43.0 Å². The molecule has 6 nitrogen and oxygen atoms in total. The lowest BCUT2D eigenvalue weighted by atomic mass is 9.86. The van der Waals surface area contributed by atoms with Crippen LogP contribution in [-0.2, 0) is 0 Å². The van der Waals surface area contributed by atoms with Crippen LogP contribution in [0.15, 0.2) is 34.9 Å². The average molecular weight is 459 g/mol. The van der Waals surface area contributed by atoms with Crippen LogP contribution in [0.1, 0.15) is 67.3 Å². The first-order valence-electron chi connectivity index (χ1n) is 13.1. The van der Waals surface area contributed by atoms with Crippen molar-refractivity contribution < 1.29 is 9.32 Å². The van der Waals surface area contributed by atoms with E-state index in [1.54, 1.807) is 0 Å². The van der Waals surface area contributed by atoms with Gasteiger partial charge in [0.1, 0.15) is 5.52 Å². The molecule has 6 heteroatoms. The monoisotopic (exact) mass is 458 g/mol. The van der Waals surface area contributed by atoms with Crippen LogP contribution in [0.25, 0.3) is 22.2 Å². The van der Waals surface area contributed by atoms with E-state index in [4.69, 9.17) is 4.52 Å². The molecule has 2 saturated heterocycles. The van der Waals surface area contributed by atoms with Gasteiger partial charge in [-0.15, -0.1) is 0 Å². The molecule has 1 aliphatic carbocycles. The Hall–Kier alpha value is -2.86. The van der Waals surface area contributed by atoms with Gasteiger partial charge in [-0.3, -0.25) is 4.79 Å². The van der Waals surface area contributed by atoms with Gasteiger partial charge in [-0.05, 0) is 44.8 Å². The van der Waals surface area contributed by atoms with Gasteiger partial charge in [0.15, 0.2) is 11.5 Å². The molecule has 0 unspecified atom stereocenters. The molecule has 2 fully saturated rings. The van der Waals surface area contributed by atoms with Gasteiger partial charge in [0.05, 0.1) is 16.6 Å². The van der Waals surface area contributed by atoms with Crippen molar-refractivity contribution in [3.05, 3.63) is 41.5 Å². The van der Waals surface area contributed by atoms with Crippen molar-refractivity contribution in [3.8, 4) is 11.3 Å². The van der Waals surface area contributed by atoms with Crippen molar-refractivity contribution in [2.24, 2.45) is 0 Å². The first kappa shape index (κ1) is 21.7. The molecule has 3 aliphatic rings. The fourth-order valence-corrected chi connectivity index (χ4v) is 5.94. The van der Waals surface area contributed by atoms with Crippen LogP contribution in [0.4, 0.5) is 11.4 Å². The molecule has 6 rings (SSSR count). The van der Waals surface area contributed by atoms with Crippen molar-refractivity contribution in [2.45, 2.75) is 51.4 Å². The number of aromatic nitrogens is 1. The van der Waals surface area contributed by atoms with Crippen molar-refractivity contribution in [3.63, 3.8) is 0 Å². The summed E-state index contributed by atoms with van der Waals surface area (Å²) in [5.41, 5.74) is 5.12. The zero-order valence-electron chi connectivity index (χ0n) is 19.9. The van der Waals surface area contributed by atoms with Crippen LogP contribution in [-0.4, -0.2) is 55.1 Å². The van der Waals surface area contributed by atoms with Gasteiger partial charge in [-0.1, -0.05) is 55.1 Å². The molecule has 3 aromatic rings. The highest BCUT2D eigenvalue weighted by molar-refractivity contribution is 6.28. The van der Waals surface area contributed by atoms with Crippen molar-refractivity contribution in [1.29, 1.82) is 0 Å². The van der Waals surface area contributed by atoms with E-state index in [1.807, 2.05) is 24.3 Å². The summed E-state index contributed by atoms with van der Waals surface area (Å²) in [4.78, 5) is 18.7. The summed E-state index contributed by atoms with van der Waals surface area (Å²) in [6, 6.07) is 9.93. The van der Waals surface area contributed by atoms with Gasteiger partial charge >= 0.3 is 0 Å². The van der Waals surface area contributed by atoms with E-state index in [1.165, 1.54) is 64.5 Å². The zero-order valence-corrected chi connectivity index (χ0v) is 19.9. The van der Waals surface area contributed by atoms with E-state index in [2.05, 4.69) is 26.3 Å². The average Bonchev–Trinajstić information content (AvgIpc) is 3.03. The SMILES string of the molecule is O=C1c2ccccc2-c2onc3c(N4CCCCCC4)cc(NCCN4CCCCCC4)c1c23. The number of hydrogen-bond donors (Lipinski definition) is 1. The summed E-state index contributed by atoms with van der Waals surface area (Å²) in [5, 5.41) is 9.08. The van der Waals surface area contributed by atoms with Gasteiger partial charge in [0.2, 0.25) is 0 Å². The highest BCUT2D eigenvalue weighted by Crippen LogP contribution is 2.46. The molecule has 34 heavy (non-hydrogen) atoms. The molecule has 1 N–H and O–H groups in total. The topological polar surface area (TPSA) is 61.6 Å². The maximum absolute atomic E-state index is 13.7. The largest absolute Gasteiger partial charge is 0.383 e. The lowest BCUT2D eigenvalue weighted by Crippen LogP contribution is -2.30. The molecule has 0 saturated carbocycles. The Balaban J connectivity index is 1.40. The van der Waals surface area contributed by atoms with Crippen LogP contribution < -0.4 is 10.2 Å². The predicted octanol–water partition coefficient (Wildman–Crippen LogP) is 5.71. The summed E-state index contributed by atoms with van der Waals surface area (Å²) in [6.07, 6.45) is 10.2. The number of nitrogens with zero attached hydrogens (tertiary/aromatic N) is 3. The molecule has 0 bridgehead atoms. The maximum atomic E-state index is 13.7. The summed E-state index contributed by atoms with van der Waals surface area (Å²) < 4.78 is 5.94. The first-order chi connectivity index (χ1) is 16.8. The Morgan fingerprint density at radius 2 is 1.56 bits per heavy atom. The number of carbonyl (C=O) groups is 1. The zero-order chi connectivity index (χ0) is 22.9. The minimum Gasteiger partial charge on any atom is -0.383 e. The number of likely N-dealkylation sites (tertiary alicyclic amines) is 1. The minimum atomic E-state index is 0.0657. The van der Waals surface area contributed by atoms with Gasteiger partial charge in [-0.25, -0.2) is 0 Å². The molecular formula is C28H34N4O2. The maximum Gasteiger partial charge on any atom is 0.196 e. The Morgan fingerprint density at radius 3 is 2.29 bits per heavy atom. The first-order valence-corrected chi connectivity index (χ1v) is 13.1. The van der Waals surface area contributed by atoms with Gasteiger partial charge in [-0.2, -0.15) is 0 Å². The summed E-state index contributed by atoms with van der Waals surface area (Å²) >= 11 is 0. The smallest absolute Gasteiger partial charge is 0.196 e. The van der Waals surface area contributed by atoms with Crippen LogP contribution in [0.5, 0.6) is 0 Å². The number of benzene rings is 2. The fourth-order valence-electron chi connectivity index (χ4n) is 5.94. The molecule has 0 atom stereocenters. The number of anilines is 2. The van der Waals surface area contributed by atoms with Crippen molar-refractivity contribution in [2.75, 3.05) is 49.5 Å². The normalized spacial score (nSPS) is 19.1. The fraction of sp³-hybridized carbons (Fsp3) is 0.500. The molecule has 0 radical (unpaired) electrons.